The lowest BCUT2D eigenvalue weighted by Crippen LogP contribution is -2.26. The highest BCUT2D eigenvalue weighted by Crippen LogP contribution is 2.35. The van der Waals surface area contributed by atoms with Gasteiger partial charge in [-0.1, -0.05) is 11.6 Å². The van der Waals surface area contributed by atoms with E-state index in [0.29, 0.717) is 48.0 Å². The van der Waals surface area contributed by atoms with Crippen molar-refractivity contribution in [2.24, 2.45) is 0 Å². The number of carbonyl (C=O) groups excluding carboxylic acids is 1. The molecule has 1 heterocycles. The van der Waals surface area contributed by atoms with Crippen molar-refractivity contribution < 1.29 is 22.7 Å². The van der Waals surface area contributed by atoms with Crippen LogP contribution in [0, 0.1) is 0 Å². The lowest BCUT2D eigenvalue weighted by Gasteiger charge is -2.13. The van der Waals surface area contributed by atoms with Crippen molar-refractivity contribution in [3.8, 4) is 11.5 Å². The number of benzene rings is 2. The summed E-state index contributed by atoms with van der Waals surface area (Å²) in [7, 11) is -3.72. The van der Waals surface area contributed by atoms with Crippen molar-refractivity contribution in [1.82, 2.24) is 4.72 Å². The first-order valence-corrected chi connectivity index (χ1v) is 11.8. The van der Waals surface area contributed by atoms with E-state index >= 15 is 0 Å². The molecule has 2 N–H and O–H groups in total. The molecule has 0 spiro atoms. The first-order valence-electron chi connectivity index (χ1n) is 10.3. The van der Waals surface area contributed by atoms with Crippen molar-refractivity contribution in [1.29, 1.82) is 0 Å². The minimum absolute atomic E-state index is 0.128. The molecule has 7 nitrogen and oxygen atoms in total. The first kappa shape index (κ1) is 22.8. The van der Waals surface area contributed by atoms with Crippen molar-refractivity contribution >= 4 is 27.2 Å². The molecule has 8 heteroatoms. The van der Waals surface area contributed by atoms with Gasteiger partial charge < -0.3 is 14.8 Å². The van der Waals surface area contributed by atoms with Crippen molar-refractivity contribution in [3.05, 3.63) is 53.1 Å². The maximum Gasteiger partial charge on any atom is 0.256 e. The largest absolute Gasteiger partial charge is 0.490 e. The SMILES string of the molecule is CCOc1ccc(CCNS(=O)(=O)c2ccc3c(c2)C(=C(C)C)C(=O)N3)cc1OCC. The molecule has 2 aromatic carbocycles. The zero-order chi connectivity index (χ0) is 22.6. The predicted molar refractivity (Wildman–Crippen MR) is 121 cm³/mol. The van der Waals surface area contributed by atoms with Gasteiger partial charge in [0.25, 0.3) is 5.91 Å². The zero-order valence-electron chi connectivity index (χ0n) is 18.2. The third kappa shape index (κ3) is 5.08. The molecule has 166 valence electrons. The third-order valence-corrected chi connectivity index (χ3v) is 6.32. The zero-order valence-corrected chi connectivity index (χ0v) is 19.1. The average molecular weight is 445 g/mol. The summed E-state index contributed by atoms with van der Waals surface area (Å²) in [5.41, 5.74) is 3.52. The standard InChI is InChI=1S/C23H28N2O5S/c1-5-29-20-10-7-16(13-21(20)30-6-2)11-12-24-31(27,28)17-8-9-19-18(14-17)22(15(3)4)23(26)25-19/h7-10,13-14,24H,5-6,11-12H2,1-4H3,(H,25,26). The monoisotopic (exact) mass is 444 g/mol. The number of carbonyl (C=O) groups is 1. The van der Waals surface area contributed by atoms with Gasteiger partial charge in [-0.15, -0.1) is 0 Å². The maximum atomic E-state index is 12.8. The Morgan fingerprint density at radius 3 is 2.39 bits per heavy atom. The molecule has 0 saturated carbocycles. The maximum absolute atomic E-state index is 12.8. The van der Waals surface area contributed by atoms with Crippen LogP contribution < -0.4 is 19.5 Å². The molecule has 1 aliphatic rings. The molecule has 0 aliphatic carbocycles. The van der Waals surface area contributed by atoms with E-state index < -0.39 is 10.0 Å². The number of nitrogens with one attached hydrogen (secondary N) is 2. The lowest BCUT2D eigenvalue weighted by molar-refractivity contribution is -0.110. The van der Waals surface area contributed by atoms with Gasteiger partial charge in [0.15, 0.2) is 11.5 Å². The molecule has 2 aromatic rings. The van der Waals surface area contributed by atoms with Crippen molar-refractivity contribution in [3.63, 3.8) is 0 Å². The van der Waals surface area contributed by atoms with Gasteiger partial charge in [0.1, 0.15) is 0 Å². The molecule has 0 aromatic heterocycles. The highest BCUT2D eigenvalue weighted by Gasteiger charge is 2.27. The summed E-state index contributed by atoms with van der Waals surface area (Å²) in [5.74, 6) is 1.11. The molecule has 0 radical (unpaired) electrons. The Kier molecular flexibility index (Phi) is 7.02. The number of allylic oxidation sites excluding steroid dienone is 1. The fourth-order valence-electron chi connectivity index (χ4n) is 3.47. The number of fused-ring (bicyclic) bond motifs is 1. The van der Waals surface area contributed by atoms with Crippen LogP contribution in [-0.2, 0) is 21.2 Å². The normalized spacial score (nSPS) is 13.0. The molecular weight excluding hydrogens is 416 g/mol. The number of ether oxygens (including phenoxy) is 2. The van der Waals surface area contributed by atoms with Crippen molar-refractivity contribution in [2.75, 3.05) is 25.1 Å². The van der Waals surface area contributed by atoms with E-state index in [0.717, 1.165) is 11.1 Å². The van der Waals surface area contributed by atoms with Crippen molar-refractivity contribution in [2.45, 2.75) is 39.0 Å². The van der Waals surface area contributed by atoms with Gasteiger partial charge >= 0.3 is 0 Å². The van der Waals surface area contributed by atoms with Crippen LogP contribution in [0.25, 0.3) is 5.57 Å². The summed E-state index contributed by atoms with van der Waals surface area (Å²) < 4.78 is 39.5. The Balaban J connectivity index is 1.73. The molecule has 3 rings (SSSR count). The van der Waals surface area contributed by atoms with Crippen LogP contribution in [0.3, 0.4) is 0 Å². The van der Waals surface area contributed by atoms with Gasteiger partial charge in [0.2, 0.25) is 10.0 Å². The Morgan fingerprint density at radius 1 is 1.00 bits per heavy atom. The van der Waals surface area contributed by atoms with Gasteiger partial charge in [-0.05, 0) is 70.0 Å². The second kappa shape index (κ2) is 9.53. The Labute approximate surface area is 183 Å². The van der Waals surface area contributed by atoms with Crippen LogP contribution in [0.5, 0.6) is 11.5 Å². The van der Waals surface area contributed by atoms with E-state index in [4.69, 9.17) is 9.47 Å². The van der Waals surface area contributed by atoms with E-state index in [-0.39, 0.29) is 17.3 Å². The van der Waals surface area contributed by atoms with Crippen LogP contribution in [0.15, 0.2) is 46.9 Å². The molecule has 0 saturated heterocycles. The summed E-state index contributed by atoms with van der Waals surface area (Å²) in [6, 6.07) is 10.3. The van der Waals surface area contributed by atoms with Gasteiger partial charge in [0.05, 0.1) is 18.1 Å². The fourth-order valence-corrected chi connectivity index (χ4v) is 4.53. The summed E-state index contributed by atoms with van der Waals surface area (Å²) in [5, 5.41) is 2.77. The molecule has 0 atom stereocenters. The Hall–Kier alpha value is -2.84. The lowest BCUT2D eigenvalue weighted by atomic mass is 10.0. The smallest absolute Gasteiger partial charge is 0.256 e. The van der Waals surface area contributed by atoms with Crippen LogP contribution in [-0.4, -0.2) is 34.1 Å². The third-order valence-electron chi connectivity index (χ3n) is 4.86. The predicted octanol–water partition coefficient (Wildman–Crippen LogP) is 3.75. The average Bonchev–Trinajstić information content (AvgIpc) is 3.05. The second-order valence-corrected chi connectivity index (χ2v) is 9.10. The van der Waals surface area contributed by atoms with Crippen LogP contribution in [0.2, 0.25) is 0 Å². The molecule has 0 unspecified atom stereocenters. The molecule has 31 heavy (non-hydrogen) atoms. The summed E-state index contributed by atoms with van der Waals surface area (Å²) in [6.07, 6.45) is 0.496. The van der Waals surface area contributed by atoms with Crippen LogP contribution in [0.1, 0.15) is 38.8 Å². The highest BCUT2D eigenvalue weighted by molar-refractivity contribution is 7.89. The van der Waals surface area contributed by atoms with E-state index in [2.05, 4.69) is 10.0 Å². The van der Waals surface area contributed by atoms with Crippen LogP contribution >= 0.6 is 0 Å². The fraction of sp³-hybridized carbons (Fsp3) is 0.348. The van der Waals surface area contributed by atoms with E-state index in [1.807, 2.05) is 45.9 Å². The number of sulfonamides is 1. The summed E-state index contributed by atoms with van der Waals surface area (Å²) in [4.78, 5) is 12.3. The molecule has 0 bridgehead atoms. The summed E-state index contributed by atoms with van der Waals surface area (Å²) >= 11 is 0. The Bertz CT molecular complexity index is 1120. The van der Waals surface area contributed by atoms with E-state index in [9.17, 15) is 13.2 Å². The number of hydrogen-bond donors (Lipinski definition) is 2. The van der Waals surface area contributed by atoms with Gasteiger partial charge in [-0.2, -0.15) is 0 Å². The molecule has 1 amide bonds. The minimum Gasteiger partial charge on any atom is -0.490 e. The number of anilines is 1. The van der Waals surface area contributed by atoms with E-state index in [1.165, 1.54) is 6.07 Å². The molecule has 1 aliphatic heterocycles. The van der Waals surface area contributed by atoms with Gasteiger partial charge in [0, 0.05) is 23.4 Å². The number of amides is 1. The molecule has 0 fully saturated rings. The highest BCUT2D eigenvalue weighted by atomic mass is 32.2. The van der Waals surface area contributed by atoms with E-state index in [1.54, 1.807) is 12.1 Å². The van der Waals surface area contributed by atoms with Gasteiger partial charge in [-0.3, -0.25) is 4.79 Å². The summed E-state index contributed by atoms with van der Waals surface area (Å²) in [6.45, 7) is 8.75. The molecular formula is C23H28N2O5S. The Morgan fingerprint density at radius 2 is 1.71 bits per heavy atom. The quantitative estimate of drug-likeness (QED) is 0.575. The minimum atomic E-state index is -3.72. The number of hydrogen-bond acceptors (Lipinski definition) is 5. The number of rotatable bonds is 9. The van der Waals surface area contributed by atoms with Gasteiger partial charge in [-0.25, -0.2) is 13.1 Å². The van der Waals surface area contributed by atoms with Crippen LogP contribution in [0.4, 0.5) is 5.69 Å². The topological polar surface area (TPSA) is 93.7 Å². The second-order valence-electron chi connectivity index (χ2n) is 7.33. The first-order chi connectivity index (χ1) is 14.8.